The van der Waals surface area contributed by atoms with E-state index in [1.54, 1.807) is 7.11 Å². The second-order valence-corrected chi connectivity index (χ2v) is 6.55. The van der Waals surface area contributed by atoms with E-state index in [4.69, 9.17) is 10.5 Å². The molecule has 0 aliphatic heterocycles. The van der Waals surface area contributed by atoms with Gasteiger partial charge >= 0.3 is 0 Å². The Balaban J connectivity index is 2.09. The van der Waals surface area contributed by atoms with E-state index in [-0.39, 0.29) is 5.82 Å². The fourth-order valence-corrected chi connectivity index (χ4v) is 2.96. The van der Waals surface area contributed by atoms with Gasteiger partial charge in [0.05, 0.1) is 7.11 Å². The first-order chi connectivity index (χ1) is 9.88. The van der Waals surface area contributed by atoms with Crippen LogP contribution in [0.15, 0.2) is 46.9 Å². The Morgan fingerprint density at radius 2 is 1.71 bits per heavy atom. The summed E-state index contributed by atoms with van der Waals surface area (Å²) in [6.45, 7) is 1.98. The number of nitrogens with two attached hydrogens (primary N) is 1. The zero-order chi connectivity index (χ0) is 15.5. The Labute approximate surface area is 133 Å². The minimum atomic E-state index is -0.443. The zero-order valence-corrected chi connectivity index (χ0v) is 13.8. The van der Waals surface area contributed by atoms with Crippen LogP contribution in [0.5, 0.6) is 5.75 Å². The molecule has 2 rings (SSSR count). The van der Waals surface area contributed by atoms with Gasteiger partial charge in [0, 0.05) is 10.0 Å². The van der Waals surface area contributed by atoms with Crippen LogP contribution in [-0.4, -0.2) is 12.6 Å². The van der Waals surface area contributed by atoms with Crippen molar-refractivity contribution in [1.82, 2.24) is 0 Å². The van der Waals surface area contributed by atoms with Gasteiger partial charge in [-0.1, -0.05) is 28.1 Å². The molecule has 2 nitrogen and oxygen atoms in total. The molecule has 0 bridgehead atoms. The highest BCUT2D eigenvalue weighted by Crippen LogP contribution is 2.22. The number of ether oxygens (including phenoxy) is 1. The van der Waals surface area contributed by atoms with Crippen molar-refractivity contribution in [1.29, 1.82) is 0 Å². The van der Waals surface area contributed by atoms with Crippen molar-refractivity contribution in [3.05, 3.63) is 63.9 Å². The van der Waals surface area contributed by atoms with Crippen LogP contribution in [0.1, 0.15) is 18.1 Å². The Bertz CT molecular complexity index is 590. The Hall–Kier alpha value is -1.39. The van der Waals surface area contributed by atoms with Crippen LogP contribution in [0, 0.1) is 5.82 Å². The Morgan fingerprint density at radius 3 is 2.29 bits per heavy atom. The summed E-state index contributed by atoms with van der Waals surface area (Å²) >= 11 is 3.31. The third kappa shape index (κ3) is 4.83. The smallest absolute Gasteiger partial charge is 0.124 e. The fraction of sp³-hybridized carbons (Fsp3) is 0.294. The van der Waals surface area contributed by atoms with Crippen LogP contribution in [0.3, 0.4) is 0 Å². The SMILES string of the molecule is COc1ccc(CC(C)(N)Cc2cc(F)cc(Br)c2)cc1. The van der Waals surface area contributed by atoms with Crippen molar-refractivity contribution in [2.75, 3.05) is 7.11 Å². The predicted octanol–water partition coefficient (Wildman–Crippen LogP) is 4.10. The molecule has 0 aliphatic rings. The lowest BCUT2D eigenvalue weighted by Gasteiger charge is -2.25. The molecule has 0 saturated heterocycles. The number of halogens is 2. The van der Waals surface area contributed by atoms with Gasteiger partial charge in [0.15, 0.2) is 0 Å². The topological polar surface area (TPSA) is 35.2 Å². The predicted molar refractivity (Wildman–Crippen MR) is 87.1 cm³/mol. The molecule has 2 aromatic carbocycles. The molecule has 0 aliphatic carbocycles. The molecule has 0 heterocycles. The van der Waals surface area contributed by atoms with E-state index in [2.05, 4.69) is 15.9 Å². The average Bonchev–Trinajstić information content (AvgIpc) is 2.37. The van der Waals surface area contributed by atoms with E-state index < -0.39 is 5.54 Å². The standard InChI is InChI=1S/C17H19BrFNO/c1-17(20,10-12-3-5-16(21-2)6-4-12)11-13-7-14(18)9-15(19)8-13/h3-9H,10-11,20H2,1-2H3. The Morgan fingerprint density at radius 1 is 1.10 bits per heavy atom. The maximum absolute atomic E-state index is 13.4. The highest BCUT2D eigenvalue weighted by Gasteiger charge is 2.20. The lowest BCUT2D eigenvalue weighted by atomic mass is 9.87. The minimum Gasteiger partial charge on any atom is -0.497 e. The molecule has 1 unspecified atom stereocenters. The summed E-state index contributed by atoms with van der Waals surface area (Å²) in [6.07, 6.45) is 1.32. The van der Waals surface area contributed by atoms with E-state index in [1.807, 2.05) is 37.3 Å². The molecule has 0 fully saturated rings. The number of methoxy groups -OCH3 is 1. The van der Waals surface area contributed by atoms with Gasteiger partial charge in [-0.25, -0.2) is 4.39 Å². The molecular weight excluding hydrogens is 333 g/mol. The molecule has 1 atom stereocenters. The quantitative estimate of drug-likeness (QED) is 0.879. The third-order valence-corrected chi connectivity index (χ3v) is 3.76. The van der Waals surface area contributed by atoms with E-state index in [1.165, 1.54) is 12.1 Å². The van der Waals surface area contributed by atoms with Crippen molar-refractivity contribution in [2.45, 2.75) is 25.3 Å². The molecule has 0 saturated carbocycles. The maximum Gasteiger partial charge on any atom is 0.124 e. The van der Waals surface area contributed by atoms with Crippen molar-refractivity contribution in [3.8, 4) is 5.75 Å². The number of rotatable bonds is 5. The molecule has 112 valence electrons. The largest absolute Gasteiger partial charge is 0.497 e. The van der Waals surface area contributed by atoms with Crippen LogP contribution in [0.2, 0.25) is 0 Å². The molecule has 21 heavy (non-hydrogen) atoms. The van der Waals surface area contributed by atoms with Gasteiger partial charge in [0.2, 0.25) is 0 Å². The third-order valence-electron chi connectivity index (χ3n) is 3.30. The van der Waals surface area contributed by atoms with Gasteiger partial charge in [-0.05, 0) is 61.2 Å². The van der Waals surface area contributed by atoms with Gasteiger partial charge in [-0.15, -0.1) is 0 Å². The van der Waals surface area contributed by atoms with Crippen molar-refractivity contribution in [2.24, 2.45) is 5.73 Å². The normalized spacial score (nSPS) is 13.8. The van der Waals surface area contributed by atoms with E-state index in [0.717, 1.165) is 21.3 Å². The lowest BCUT2D eigenvalue weighted by molar-refractivity contribution is 0.414. The first kappa shape index (κ1) is 16.0. The number of hydrogen-bond acceptors (Lipinski definition) is 2. The minimum absolute atomic E-state index is 0.250. The molecule has 0 radical (unpaired) electrons. The van der Waals surface area contributed by atoms with E-state index in [9.17, 15) is 4.39 Å². The summed E-state index contributed by atoms with van der Waals surface area (Å²) in [5.74, 6) is 0.575. The molecule has 0 aromatic heterocycles. The van der Waals surface area contributed by atoms with Gasteiger partial charge < -0.3 is 10.5 Å². The van der Waals surface area contributed by atoms with Crippen LogP contribution in [0.4, 0.5) is 4.39 Å². The molecule has 4 heteroatoms. The van der Waals surface area contributed by atoms with Gasteiger partial charge in [-0.3, -0.25) is 0 Å². The molecule has 0 spiro atoms. The maximum atomic E-state index is 13.4. The van der Waals surface area contributed by atoms with Crippen molar-refractivity contribution in [3.63, 3.8) is 0 Å². The van der Waals surface area contributed by atoms with Crippen LogP contribution in [0.25, 0.3) is 0 Å². The van der Waals surface area contributed by atoms with Gasteiger partial charge in [0.25, 0.3) is 0 Å². The fourth-order valence-electron chi connectivity index (χ4n) is 2.45. The lowest BCUT2D eigenvalue weighted by Crippen LogP contribution is -2.40. The molecule has 2 N–H and O–H groups in total. The summed E-state index contributed by atoms with van der Waals surface area (Å²) in [7, 11) is 1.64. The van der Waals surface area contributed by atoms with Crippen molar-refractivity contribution < 1.29 is 9.13 Å². The van der Waals surface area contributed by atoms with Gasteiger partial charge in [-0.2, -0.15) is 0 Å². The van der Waals surface area contributed by atoms with Crippen LogP contribution >= 0.6 is 15.9 Å². The number of hydrogen-bond donors (Lipinski definition) is 1. The average molecular weight is 352 g/mol. The second kappa shape index (κ2) is 6.58. The highest BCUT2D eigenvalue weighted by molar-refractivity contribution is 9.10. The highest BCUT2D eigenvalue weighted by atomic mass is 79.9. The van der Waals surface area contributed by atoms with E-state index in [0.29, 0.717) is 12.8 Å². The first-order valence-corrected chi connectivity index (χ1v) is 7.54. The molecular formula is C17H19BrFNO. The summed E-state index contributed by atoms with van der Waals surface area (Å²) in [5, 5.41) is 0. The Kier molecular flexibility index (Phi) is 5.01. The van der Waals surface area contributed by atoms with Gasteiger partial charge in [0.1, 0.15) is 11.6 Å². The zero-order valence-electron chi connectivity index (χ0n) is 12.2. The van der Waals surface area contributed by atoms with Crippen LogP contribution < -0.4 is 10.5 Å². The summed E-state index contributed by atoms with van der Waals surface area (Å²) in [4.78, 5) is 0. The van der Waals surface area contributed by atoms with Crippen molar-refractivity contribution >= 4 is 15.9 Å². The summed E-state index contributed by atoms with van der Waals surface area (Å²) < 4.78 is 19.3. The van der Waals surface area contributed by atoms with E-state index >= 15 is 0 Å². The molecule has 0 amide bonds. The first-order valence-electron chi connectivity index (χ1n) is 6.75. The number of benzene rings is 2. The molecule has 2 aromatic rings. The second-order valence-electron chi connectivity index (χ2n) is 5.63. The monoisotopic (exact) mass is 351 g/mol. The summed E-state index contributed by atoms with van der Waals surface area (Å²) in [5.41, 5.74) is 7.96. The summed E-state index contributed by atoms with van der Waals surface area (Å²) in [6, 6.07) is 12.7. The van der Waals surface area contributed by atoms with Crippen LogP contribution in [-0.2, 0) is 12.8 Å².